The highest BCUT2D eigenvalue weighted by molar-refractivity contribution is 9.10. The van der Waals surface area contributed by atoms with Crippen molar-refractivity contribution in [2.45, 2.75) is 32.7 Å². The van der Waals surface area contributed by atoms with Crippen LogP contribution in [0.4, 0.5) is 0 Å². The monoisotopic (exact) mass is 327 g/mol. The second kappa shape index (κ2) is 7.28. The van der Waals surface area contributed by atoms with E-state index in [-0.39, 0.29) is 18.2 Å². The molecule has 0 aliphatic carbocycles. The van der Waals surface area contributed by atoms with Crippen molar-refractivity contribution in [1.82, 2.24) is 5.32 Å². The lowest BCUT2D eigenvalue weighted by Gasteiger charge is -2.16. The van der Waals surface area contributed by atoms with Crippen molar-refractivity contribution >= 4 is 27.8 Å². The molecule has 0 aliphatic rings. The van der Waals surface area contributed by atoms with E-state index in [1.54, 1.807) is 0 Å². The number of hydrogen-bond donors (Lipinski definition) is 2. The van der Waals surface area contributed by atoms with E-state index in [0.29, 0.717) is 6.42 Å². The third kappa shape index (κ3) is 5.87. The van der Waals surface area contributed by atoms with Crippen LogP contribution < -0.4 is 5.32 Å². The number of carbonyl (C=O) groups is 2. The number of carboxylic acid groups (broad SMARTS) is 1. The van der Waals surface area contributed by atoms with Crippen LogP contribution in [0.25, 0.3) is 0 Å². The number of rotatable bonds is 6. The van der Waals surface area contributed by atoms with Gasteiger partial charge in [-0.15, -0.1) is 0 Å². The van der Waals surface area contributed by atoms with Gasteiger partial charge in [0.1, 0.15) is 6.04 Å². The molecule has 0 heterocycles. The van der Waals surface area contributed by atoms with E-state index in [0.717, 1.165) is 10.0 Å². The maximum Gasteiger partial charge on any atom is 0.326 e. The Morgan fingerprint density at radius 1 is 1.26 bits per heavy atom. The van der Waals surface area contributed by atoms with E-state index in [9.17, 15) is 9.59 Å². The van der Waals surface area contributed by atoms with Gasteiger partial charge < -0.3 is 10.4 Å². The third-order valence-electron chi connectivity index (χ3n) is 2.62. The zero-order valence-electron chi connectivity index (χ0n) is 11.0. The average Bonchev–Trinajstić information content (AvgIpc) is 2.30. The largest absolute Gasteiger partial charge is 0.480 e. The lowest BCUT2D eigenvalue weighted by Crippen LogP contribution is -2.42. The van der Waals surface area contributed by atoms with Gasteiger partial charge in [-0.2, -0.15) is 0 Å². The first-order chi connectivity index (χ1) is 8.88. The second-order valence-corrected chi connectivity index (χ2v) is 5.81. The van der Waals surface area contributed by atoms with Crippen LogP contribution in [0.3, 0.4) is 0 Å². The molecule has 0 aromatic heterocycles. The molecule has 2 N–H and O–H groups in total. The Labute approximate surface area is 121 Å². The van der Waals surface area contributed by atoms with Crippen LogP contribution >= 0.6 is 15.9 Å². The van der Waals surface area contributed by atoms with Crippen LogP contribution in [0.5, 0.6) is 0 Å². The van der Waals surface area contributed by atoms with E-state index in [2.05, 4.69) is 21.2 Å². The number of benzene rings is 1. The number of halogens is 1. The lowest BCUT2D eigenvalue weighted by molar-refractivity contribution is -0.142. The molecule has 1 rings (SSSR count). The first kappa shape index (κ1) is 15.7. The number of nitrogens with one attached hydrogen (secondary N) is 1. The highest BCUT2D eigenvalue weighted by Crippen LogP contribution is 2.11. The van der Waals surface area contributed by atoms with E-state index in [4.69, 9.17) is 5.11 Å². The Morgan fingerprint density at radius 2 is 1.84 bits per heavy atom. The Morgan fingerprint density at radius 3 is 2.32 bits per heavy atom. The van der Waals surface area contributed by atoms with Crippen molar-refractivity contribution in [2.75, 3.05) is 0 Å². The molecule has 5 heteroatoms. The summed E-state index contributed by atoms with van der Waals surface area (Å²) in [6.07, 6.45) is 0.622. The fourth-order valence-electron chi connectivity index (χ4n) is 1.73. The van der Waals surface area contributed by atoms with Crippen LogP contribution in [0, 0.1) is 5.92 Å². The number of carbonyl (C=O) groups excluding carboxylic acids is 1. The van der Waals surface area contributed by atoms with Gasteiger partial charge in [0.15, 0.2) is 0 Å². The molecular formula is C14H18BrNO3. The predicted octanol–water partition coefficient (Wildman–Crippen LogP) is 2.61. The van der Waals surface area contributed by atoms with Gasteiger partial charge in [0.2, 0.25) is 5.91 Å². The second-order valence-electron chi connectivity index (χ2n) is 4.89. The molecule has 0 fully saturated rings. The van der Waals surface area contributed by atoms with Gasteiger partial charge in [0.25, 0.3) is 0 Å². The van der Waals surface area contributed by atoms with Gasteiger partial charge in [-0.1, -0.05) is 41.9 Å². The molecule has 0 bridgehead atoms. The minimum absolute atomic E-state index is 0.190. The molecule has 0 spiro atoms. The highest BCUT2D eigenvalue weighted by atomic mass is 79.9. The van der Waals surface area contributed by atoms with Crippen molar-refractivity contribution < 1.29 is 14.7 Å². The van der Waals surface area contributed by atoms with E-state index >= 15 is 0 Å². The van der Waals surface area contributed by atoms with Crippen LogP contribution in [-0.4, -0.2) is 23.0 Å². The normalized spacial score (nSPS) is 12.2. The quantitative estimate of drug-likeness (QED) is 0.844. The van der Waals surface area contributed by atoms with Crippen LogP contribution in [0.2, 0.25) is 0 Å². The molecule has 0 unspecified atom stereocenters. The lowest BCUT2D eigenvalue weighted by atomic mass is 10.0. The van der Waals surface area contributed by atoms with E-state index in [1.807, 2.05) is 38.1 Å². The van der Waals surface area contributed by atoms with E-state index < -0.39 is 12.0 Å². The van der Waals surface area contributed by atoms with Gasteiger partial charge in [-0.25, -0.2) is 4.79 Å². The summed E-state index contributed by atoms with van der Waals surface area (Å²) in [5.74, 6) is -1.04. The van der Waals surface area contributed by atoms with Crippen molar-refractivity contribution in [3.63, 3.8) is 0 Å². The van der Waals surface area contributed by atoms with Gasteiger partial charge in [0, 0.05) is 4.47 Å². The van der Waals surface area contributed by atoms with Crippen molar-refractivity contribution in [1.29, 1.82) is 0 Å². The van der Waals surface area contributed by atoms with Gasteiger partial charge >= 0.3 is 5.97 Å². The summed E-state index contributed by atoms with van der Waals surface area (Å²) < 4.78 is 0.944. The Hall–Kier alpha value is -1.36. The molecule has 4 nitrogen and oxygen atoms in total. The first-order valence-electron chi connectivity index (χ1n) is 6.15. The average molecular weight is 328 g/mol. The van der Waals surface area contributed by atoms with Crippen LogP contribution in [0.15, 0.2) is 28.7 Å². The Kier molecular flexibility index (Phi) is 6.02. The molecular weight excluding hydrogens is 310 g/mol. The summed E-state index contributed by atoms with van der Waals surface area (Å²) in [6.45, 7) is 3.85. The molecule has 104 valence electrons. The van der Waals surface area contributed by atoms with Crippen molar-refractivity contribution in [2.24, 2.45) is 5.92 Å². The molecule has 1 aromatic carbocycles. The predicted molar refractivity (Wildman–Crippen MR) is 76.9 cm³/mol. The third-order valence-corrected chi connectivity index (χ3v) is 3.15. The number of carboxylic acids is 1. The topological polar surface area (TPSA) is 66.4 Å². The maximum atomic E-state index is 11.8. The first-order valence-corrected chi connectivity index (χ1v) is 6.94. The fourth-order valence-corrected chi connectivity index (χ4v) is 1.99. The Balaban J connectivity index is 2.57. The standard InChI is InChI=1S/C14H18BrNO3/c1-9(2)7-12(14(18)19)16-13(17)8-10-3-5-11(15)6-4-10/h3-6,9,12H,7-8H2,1-2H3,(H,16,17)(H,18,19)/t12-/m0/s1. The zero-order valence-corrected chi connectivity index (χ0v) is 12.6. The van der Waals surface area contributed by atoms with E-state index in [1.165, 1.54) is 0 Å². The summed E-state index contributed by atoms with van der Waals surface area (Å²) in [4.78, 5) is 22.9. The zero-order chi connectivity index (χ0) is 14.4. The van der Waals surface area contributed by atoms with Gasteiger partial charge in [0.05, 0.1) is 6.42 Å². The van der Waals surface area contributed by atoms with Gasteiger partial charge in [-0.3, -0.25) is 4.79 Å². The molecule has 0 saturated carbocycles. The molecule has 19 heavy (non-hydrogen) atoms. The van der Waals surface area contributed by atoms with Crippen LogP contribution in [0.1, 0.15) is 25.8 Å². The summed E-state index contributed by atoms with van der Waals surface area (Å²) in [5, 5.41) is 11.6. The summed E-state index contributed by atoms with van der Waals surface area (Å²) in [5.41, 5.74) is 0.856. The van der Waals surface area contributed by atoms with Crippen LogP contribution in [-0.2, 0) is 16.0 Å². The molecule has 1 atom stereocenters. The van der Waals surface area contributed by atoms with Crippen molar-refractivity contribution in [3.8, 4) is 0 Å². The SMILES string of the molecule is CC(C)C[C@H](NC(=O)Cc1ccc(Br)cc1)C(=O)O. The molecule has 0 saturated heterocycles. The minimum Gasteiger partial charge on any atom is -0.480 e. The molecule has 1 amide bonds. The molecule has 0 aliphatic heterocycles. The fraction of sp³-hybridized carbons (Fsp3) is 0.429. The number of aliphatic carboxylic acids is 1. The van der Waals surface area contributed by atoms with Gasteiger partial charge in [-0.05, 0) is 30.0 Å². The highest BCUT2D eigenvalue weighted by Gasteiger charge is 2.20. The summed E-state index contributed by atoms with van der Waals surface area (Å²) >= 11 is 3.32. The number of amides is 1. The molecule has 1 aromatic rings. The molecule has 0 radical (unpaired) electrons. The minimum atomic E-state index is -0.988. The Bertz CT molecular complexity index is 443. The maximum absolute atomic E-state index is 11.8. The summed E-state index contributed by atoms with van der Waals surface area (Å²) in [7, 11) is 0. The number of hydrogen-bond acceptors (Lipinski definition) is 2. The van der Waals surface area contributed by atoms with Crippen molar-refractivity contribution in [3.05, 3.63) is 34.3 Å². The summed E-state index contributed by atoms with van der Waals surface area (Å²) in [6, 6.07) is 6.56. The smallest absolute Gasteiger partial charge is 0.326 e.